The van der Waals surface area contributed by atoms with Crippen molar-refractivity contribution < 1.29 is 59.9 Å². The molecule has 2 fully saturated rings. The monoisotopic (exact) mass is 783 g/mol. The molecular weight excluding hydrogens is 738 g/mol. The highest BCUT2D eigenvalue weighted by Gasteiger charge is 2.57. The minimum atomic E-state index is -3.09. The first-order chi connectivity index (χ1) is 27.3. The zero-order chi connectivity index (χ0) is 40.2. The molecule has 2 aliphatic heterocycles. The molecule has 15 heteroatoms. The average Bonchev–Trinajstić information content (AvgIpc) is 3.94. The van der Waals surface area contributed by atoms with Crippen molar-refractivity contribution in [2.45, 2.75) is 92.7 Å². The van der Waals surface area contributed by atoms with Gasteiger partial charge in [0.25, 0.3) is 5.91 Å². The van der Waals surface area contributed by atoms with Crippen molar-refractivity contribution in [1.82, 2.24) is 9.97 Å². The Morgan fingerprint density at radius 2 is 1.84 bits per heavy atom. The van der Waals surface area contributed by atoms with Crippen LogP contribution in [-0.4, -0.2) is 106 Å². The number of aromatic hydroxyl groups is 2. The molecule has 4 aliphatic rings. The van der Waals surface area contributed by atoms with Gasteiger partial charge in [-0.3, -0.25) is 9.69 Å². The smallest absolute Gasteiger partial charge is 0.355 e. The van der Waals surface area contributed by atoms with Gasteiger partial charge in [0.2, 0.25) is 0 Å². The molecule has 0 radical (unpaired) electrons. The van der Waals surface area contributed by atoms with Gasteiger partial charge in [-0.15, -0.1) is 0 Å². The lowest BCUT2D eigenvalue weighted by Gasteiger charge is -2.44. The van der Waals surface area contributed by atoms with Gasteiger partial charge in [0, 0.05) is 41.9 Å². The summed E-state index contributed by atoms with van der Waals surface area (Å²) < 4.78 is 10.9. The van der Waals surface area contributed by atoms with Crippen LogP contribution in [0, 0.1) is 5.92 Å². The maximum Gasteiger partial charge on any atom is 0.355 e. The molecule has 15 nitrogen and oxygen atoms in total. The third kappa shape index (κ3) is 6.73. The number of ether oxygens (including phenoxy) is 2. The quantitative estimate of drug-likeness (QED) is 0.0831. The van der Waals surface area contributed by atoms with Crippen LogP contribution in [0.1, 0.15) is 71.5 Å². The molecule has 0 spiro atoms. The van der Waals surface area contributed by atoms with Crippen LogP contribution in [0.2, 0.25) is 0 Å². The van der Waals surface area contributed by atoms with Crippen LogP contribution in [0.3, 0.4) is 0 Å². The summed E-state index contributed by atoms with van der Waals surface area (Å²) >= 11 is 0. The van der Waals surface area contributed by atoms with Crippen LogP contribution in [-0.2, 0) is 32.6 Å². The Morgan fingerprint density at radius 1 is 1.04 bits per heavy atom. The zero-order valence-electron chi connectivity index (χ0n) is 30.8. The molecule has 4 aromatic rings. The van der Waals surface area contributed by atoms with E-state index in [1.807, 2.05) is 12.1 Å². The molecule has 9 atom stereocenters. The molecule has 9 unspecified atom stereocenters. The molecule has 300 valence electrons. The fourth-order valence-electron chi connectivity index (χ4n) is 9.72. The normalized spacial score (nSPS) is 30.5. The molecular formula is C42H45N3O12. The molecule has 8 rings (SSSR count). The van der Waals surface area contributed by atoms with E-state index in [1.165, 1.54) is 47.8 Å². The average molecular weight is 784 g/mol. The predicted octanol–water partition coefficient (Wildman–Crippen LogP) is 2.58. The number of anilines is 1. The predicted molar refractivity (Wildman–Crippen MR) is 202 cm³/mol. The zero-order valence-corrected chi connectivity index (χ0v) is 30.8. The number of aromatic amines is 1. The lowest BCUT2D eigenvalue weighted by molar-refractivity contribution is -0.422. The molecule has 0 bridgehead atoms. The van der Waals surface area contributed by atoms with Gasteiger partial charge in [0.05, 0.1) is 18.6 Å². The highest BCUT2D eigenvalue weighted by molar-refractivity contribution is 6.10. The van der Waals surface area contributed by atoms with E-state index in [4.69, 9.17) is 9.47 Å². The van der Waals surface area contributed by atoms with E-state index in [-0.39, 0.29) is 17.4 Å². The first-order valence-corrected chi connectivity index (χ1v) is 19.1. The summed E-state index contributed by atoms with van der Waals surface area (Å²) in [6.07, 6.45) is 3.45. The molecule has 1 aromatic heterocycles. The van der Waals surface area contributed by atoms with Gasteiger partial charge in [0.15, 0.2) is 17.6 Å². The number of aliphatic hydroxyl groups excluding tert-OH is 4. The number of benzene rings is 3. The number of carbonyl (C=O) groups excluding carboxylic acids is 1. The number of carboxylic acids is 1. The number of nitrogens with zero attached hydrogens (tertiary/aromatic N) is 2. The second-order valence-electron chi connectivity index (χ2n) is 15.6. The van der Waals surface area contributed by atoms with Crippen molar-refractivity contribution in [3.8, 4) is 17.2 Å². The summed E-state index contributed by atoms with van der Waals surface area (Å²) in [5.74, 6) is -6.72. The second kappa shape index (κ2) is 14.9. The number of H-pyrrole nitrogens is 1. The van der Waals surface area contributed by atoms with Gasteiger partial charge in [-0.2, -0.15) is 0 Å². The van der Waals surface area contributed by atoms with Crippen molar-refractivity contribution in [2.75, 3.05) is 11.5 Å². The van der Waals surface area contributed by atoms with Gasteiger partial charge in [-0.1, -0.05) is 36.8 Å². The van der Waals surface area contributed by atoms with E-state index >= 15 is 0 Å². The minimum Gasteiger partial charge on any atom is -0.508 e. The van der Waals surface area contributed by atoms with Crippen LogP contribution < -0.4 is 9.64 Å². The lowest BCUT2D eigenvalue weighted by Crippen LogP contribution is -2.67. The summed E-state index contributed by atoms with van der Waals surface area (Å²) in [5, 5.41) is 85.3. The molecule has 3 heterocycles. The number of hydrogen-bond acceptors (Lipinski definition) is 12. The Morgan fingerprint density at radius 3 is 2.60 bits per heavy atom. The van der Waals surface area contributed by atoms with Crippen molar-refractivity contribution in [3.63, 3.8) is 0 Å². The third-order valence-corrected chi connectivity index (χ3v) is 12.4. The Balaban J connectivity index is 1.20. The summed E-state index contributed by atoms with van der Waals surface area (Å²) in [4.78, 5) is 36.0. The fraction of sp³-hybridized carbons (Fsp3) is 0.405. The number of imidazole rings is 1. The number of nitrogens with one attached hydrogen (secondary N) is 1. The summed E-state index contributed by atoms with van der Waals surface area (Å²) in [7, 11) is 0. The number of rotatable bonds is 10. The van der Waals surface area contributed by atoms with Crippen LogP contribution >= 0.6 is 0 Å². The minimum absolute atomic E-state index is 0.0394. The highest BCUT2D eigenvalue weighted by Crippen LogP contribution is 2.59. The van der Waals surface area contributed by atoms with E-state index in [2.05, 4.69) is 22.1 Å². The fourth-order valence-corrected chi connectivity index (χ4v) is 9.72. The number of aliphatic hydroxyl groups is 5. The molecule has 1 amide bonds. The molecule has 3 aromatic carbocycles. The number of amides is 1. The van der Waals surface area contributed by atoms with Crippen LogP contribution in [0.5, 0.6) is 17.2 Å². The molecule has 1 saturated carbocycles. The second-order valence-corrected chi connectivity index (χ2v) is 15.6. The largest absolute Gasteiger partial charge is 0.508 e. The Kier molecular flexibility index (Phi) is 10.1. The molecule has 57 heavy (non-hydrogen) atoms. The summed E-state index contributed by atoms with van der Waals surface area (Å²) in [5.41, 5.74) is 4.25. The van der Waals surface area contributed by atoms with Crippen molar-refractivity contribution in [3.05, 3.63) is 107 Å². The lowest BCUT2D eigenvalue weighted by atomic mass is 9.60. The van der Waals surface area contributed by atoms with Gasteiger partial charge in [-0.05, 0) is 90.0 Å². The van der Waals surface area contributed by atoms with Gasteiger partial charge in [0.1, 0.15) is 30.1 Å². The number of fused-ring (bicyclic) bond motifs is 4. The highest BCUT2D eigenvalue weighted by atomic mass is 16.8. The van der Waals surface area contributed by atoms with Gasteiger partial charge in [-0.25, -0.2) is 9.78 Å². The number of aromatic nitrogens is 2. The van der Waals surface area contributed by atoms with Crippen molar-refractivity contribution in [1.29, 1.82) is 0 Å². The van der Waals surface area contributed by atoms with Crippen LogP contribution in [0.15, 0.2) is 73.2 Å². The van der Waals surface area contributed by atoms with E-state index < -0.39 is 77.7 Å². The topological polar surface area (TPSA) is 246 Å². The first-order valence-electron chi connectivity index (χ1n) is 19.1. The van der Waals surface area contributed by atoms with E-state index in [0.29, 0.717) is 29.5 Å². The van der Waals surface area contributed by atoms with Crippen LogP contribution in [0.25, 0.3) is 6.08 Å². The number of carboxylic acid groups (broad SMARTS) is 1. The number of aliphatic carboxylic acids is 1. The Labute approximate surface area is 327 Å². The van der Waals surface area contributed by atoms with E-state index in [1.54, 1.807) is 18.3 Å². The van der Waals surface area contributed by atoms with Gasteiger partial charge < -0.3 is 55.3 Å². The number of carbonyl (C=O) groups is 2. The van der Waals surface area contributed by atoms with E-state index in [0.717, 1.165) is 42.7 Å². The number of aryl methyl sites for hydroxylation is 1. The van der Waals surface area contributed by atoms with E-state index in [9.17, 15) is 50.4 Å². The maximum absolute atomic E-state index is 14.4. The SMILES string of the molecule is O=C(O)C1C(CC23CCCC2CCc2ccccc23)c2cc(O)c(OC3(O)OC(CO)C(O)C(O)C3O)cc2N1C(=O)C=Cc1ccc(O)c(Cc2cnc[nH]2)c1. The van der Waals surface area contributed by atoms with Crippen molar-refractivity contribution >= 4 is 23.6 Å². The maximum atomic E-state index is 14.4. The van der Waals surface area contributed by atoms with Gasteiger partial charge >= 0.3 is 11.9 Å². The number of hydrogen-bond donors (Lipinski definition) is 9. The van der Waals surface area contributed by atoms with Crippen molar-refractivity contribution in [2.24, 2.45) is 5.92 Å². The summed E-state index contributed by atoms with van der Waals surface area (Å²) in [6, 6.07) is 14.0. The summed E-state index contributed by atoms with van der Waals surface area (Å²) in [6.45, 7) is -0.874. The Bertz CT molecular complexity index is 2190. The standard InChI is InChI=1S/C42H45N3O12/c46-20-34-37(50)38(51)39(52)42(55,57-34)56-33-17-30-27(16-32(33)48)28(18-41-13-3-5-25(41)10-9-23-4-1-2-6-29(23)41)36(40(53)54)45(30)35(49)12-8-22-7-11-31(47)24(14-22)15-26-19-43-21-44-26/h1-2,4,6-8,11-12,14,16-17,19,21,25,28,34,36-39,46-48,50-52,55H,3,5,9-10,13,15,18,20H2,(H,43,44)(H,53,54). The molecule has 1 saturated heterocycles. The third-order valence-electron chi connectivity index (χ3n) is 12.4. The molecule has 2 aliphatic carbocycles. The number of phenols is 2. The van der Waals surface area contributed by atoms with Crippen LogP contribution in [0.4, 0.5) is 5.69 Å². The first kappa shape index (κ1) is 38.6. The number of phenolic OH excluding ortho intramolecular Hbond substituents is 2. The molecule has 9 N–H and O–H groups in total. The Hall–Kier alpha value is -5.29.